The van der Waals surface area contributed by atoms with Crippen LogP contribution in [0, 0.1) is 0 Å². The van der Waals surface area contributed by atoms with Gasteiger partial charge in [-0.15, -0.1) is 0 Å². The van der Waals surface area contributed by atoms with Gasteiger partial charge in [-0.2, -0.15) is 0 Å². The second-order valence-electron chi connectivity index (χ2n) is 5.01. The van der Waals surface area contributed by atoms with Gasteiger partial charge in [-0.25, -0.2) is 0 Å². The van der Waals surface area contributed by atoms with E-state index in [0.717, 1.165) is 24.5 Å². The Morgan fingerprint density at radius 1 is 1.50 bits per heavy atom. The highest BCUT2D eigenvalue weighted by Gasteiger charge is 2.23. The fourth-order valence-corrected chi connectivity index (χ4v) is 2.24. The Balaban J connectivity index is 2.13. The van der Waals surface area contributed by atoms with Crippen molar-refractivity contribution in [3.05, 3.63) is 24.0 Å². The van der Waals surface area contributed by atoms with Crippen molar-refractivity contribution in [2.24, 2.45) is 0 Å². The van der Waals surface area contributed by atoms with Gasteiger partial charge in [-0.1, -0.05) is 6.92 Å². The number of hydrogen-bond donors (Lipinski definition) is 1. The largest absolute Gasteiger partial charge is 0.387 e. The molecule has 1 aliphatic rings. The first-order valence-corrected chi connectivity index (χ1v) is 6.64. The minimum absolute atomic E-state index is 0.252. The maximum atomic E-state index is 9.73. The Labute approximate surface area is 109 Å². The Bertz CT molecular complexity index is 380. The Kier molecular flexibility index (Phi) is 4.19. The van der Waals surface area contributed by atoms with E-state index in [0.29, 0.717) is 12.5 Å². The minimum atomic E-state index is -0.458. The molecule has 3 atom stereocenters. The zero-order chi connectivity index (χ0) is 13.1. The van der Waals surface area contributed by atoms with Crippen LogP contribution in [0.1, 0.15) is 39.0 Å². The molecule has 0 amide bonds. The second kappa shape index (κ2) is 5.67. The average molecular weight is 250 g/mol. The Hall–Kier alpha value is -1.13. The zero-order valence-corrected chi connectivity index (χ0v) is 11.3. The fourth-order valence-electron chi connectivity index (χ4n) is 2.24. The van der Waals surface area contributed by atoms with Gasteiger partial charge in [0.05, 0.1) is 36.4 Å². The van der Waals surface area contributed by atoms with E-state index in [-0.39, 0.29) is 6.10 Å². The van der Waals surface area contributed by atoms with Crippen LogP contribution in [0.15, 0.2) is 18.3 Å². The molecule has 1 aliphatic heterocycles. The van der Waals surface area contributed by atoms with Gasteiger partial charge in [-0.3, -0.25) is 4.98 Å². The number of hydrogen-bond acceptors (Lipinski definition) is 4. The van der Waals surface area contributed by atoms with Crippen molar-refractivity contribution < 1.29 is 9.84 Å². The summed E-state index contributed by atoms with van der Waals surface area (Å²) in [6, 6.07) is 4.32. The van der Waals surface area contributed by atoms with E-state index in [9.17, 15) is 5.11 Å². The molecule has 1 fully saturated rings. The third kappa shape index (κ3) is 2.82. The van der Waals surface area contributed by atoms with Crippen molar-refractivity contribution in [2.75, 3.05) is 18.1 Å². The first-order chi connectivity index (χ1) is 8.61. The molecule has 0 radical (unpaired) electrons. The van der Waals surface area contributed by atoms with Crippen LogP contribution in [0.3, 0.4) is 0 Å². The second-order valence-corrected chi connectivity index (χ2v) is 5.01. The molecule has 0 bridgehead atoms. The van der Waals surface area contributed by atoms with E-state index < -0.39 is 6.10 Å². The molecule has 1 aromatic heterocycles. The van der Waals surface area contributed by atoms with Gasteiger partial charge in [0.15, 0.2) is 0 Å². The van der Waals surface area contributed by atoms with Gasteiger partial charge >= 0.3 is 0 Å². The summed E-state index contributed by atoms with van der Waals surface area (Å²) in [5, 5.41) is 9.73. The zero-order valence-electron chi connectivity index (χ0n) is 11.3. The van der Waals surface area contributed by atoms with E-state index in [4.69, 9.17) is 4.74 Å². The van der Waals surface area contributed by atoms with Crippen molar-refractivity contribution in [1.29, 1.82) is 0 Å². The normalized spacial score (nSPS) is 26.1. The highest BCUT2D eigenvalue weighted by Crippen LogP contribution is 2.23. The SMILES string of the molecule is CCC(O)c1ccc(N2CC(C)OCC2C)cn1. The molecule has 100 valence electrons. The van der Waals surface area contributed by atoms with E-state index in [1.807, 2.05) is 25.3 Å². The molecule has 4 nitrogen and oxygen atoms in total. The standard InChI is InChI=1S/C14H22N2O2/c1-4-14(17)13-6-5-12(7-15-13)16-8-11(3)18-9-10(16)2/h5-7,10-11,14,17H,4,8-9H2,1-3H3. The maximum Gasteiger partial charge on any atom is 0.0957 e. The van der Waals surface area contributed by atoms with Crippen LogP contribution in [0.4, 0.5) is 5.69 Å². The maximum absolute atomic E-state index is 9.73. The third-order valence-corrected chi connectivity index (χ3v) is 3.44. The molecule has 0 saturated carbocycles. The number of nitrogens with zero attached hydrogens (tertiary/aromatic N) is 2. The molecule has 2 heterocycles. The number of morpholine rings is 1. The third-order valence-electron chi connectivity index (χ3n) is 3.44. The van der Waals surface area contributed by atoms with Crippen LogP contribution >= 0.6 is 0 Å². The minimum Gasteiger partial charge on any atom is -0.387 e. The molecule has 18 heavy (non-hydrogen) atoms. The summed E-state index contributed by atoms with van der Waals surface area (Å²) in [7, 11) is 0. The summed E-state index contributed by atoms with van der Waals surface area (Å²) in [5.74, 6) is 0. The summed E-state index contributed by atoms with van der Waals surface area (Å²) in [4.78, 5) is 6.66. The highest BCUT2D eigenvalue weighted by atomic mass is 16.5. The van der Waals surface area contributed by atoms with Gasteiger partial charge in [0, 0.05) is 12.6 Å². The first kappa shape index (κ1) is 13.3. The molecule has 1 N–H and O–H groups in total. The molecule has 1 aromatic rings. The Morgan fingerprint density at radius 3 is 2.89 bits per heavy atom. The van der Waals surface area contributed by atoms with E-state index >= 15 is 0 Å². The molecular weight excluding hydrogens is 228 g/mol. The molecule has 0 spiro atoms. The lowest BCUT2D eigenvalue weighted by Gasteiger charge is -2.38. The summed E-state index contributed by atoms with van der Waals surface area (Å²) in [6.07, 6.45) is 2.34. The molecule has 4 heteroatoms. The first-order valence-electron chi connectivity index (χ1n) is 6.64. The van der Waals surface area contributed by atoms with E-state index in [1.165, 1.54) is 0 Å². The average Bonchev–Trinajstić information content (AvgIpc) is 2.41. The van der Waals surface area contributed by atoms with Crippen molar-refractivity contribution in [3.63, 3.8) is 0 Å². The number of aromatic nitrogens is 1. The summed E-state index contributed by atoms with van der Waals surface area (Å²) < 4.78 is 5.62. The highest BCUT2D eigenvalue weighted by molar-refractivity contribution is 5.46. The van der Waals surface area contributed by atoms with Crippen molar-refractivity contribution in [3.8, 4) is 0 Å². The molecule has 0 aliphatic carbocycles. The smallest absolute Gasteiger partial charge is 0.0957 e. The molecule has 3 unspecified atom stereocenters. The number of pyridine rings is 1. The number of aliphatic hydroxyl groups excluding tert-OH is 1. The van der Waals surface area contributed by atoms with Gasteiger partial charge < -0.3 is 14.7 Å². The topological polar surface area (TPSA) is 45.6 Å². The lowest BCUT2D eigenvalue weighted by atomic mass is 10.1. The van der Waals surface area contributed by atoms with Crippen LogP contribution < -0.4 is 4.90 Å². The lowest BCUT2D eigenvalue weighted by Crippen LogP contribution is -2.47. The summed E-state index contributed by atoms with van der Waals surface area (Å²) >= 11 is 0. The van der Waals surface area contributed by atoms with Crippen LogP contribution in [0.25, 0.3) is 0 Å². The summed E-state index contributed by atoms with van der Waals surface area (Å²) in [6.45, 7) is 7.83. The number of rotatable bonds is 3. The van der Waals surface area contributed by atoms with Gasteiger partial charge in [-0.05, 0) is 32.4 Å². The van der Waals surface area contributed by atoms with E-state index in [2.05, 4.69) is 23.7 Å². The number of anilines is 1. The van der Waals surface area contributed by atoms with Crippen molar-refractivity contribution >= 4 is 5.69 Å². The Morgan fingerprint density at radius 2 is 2.28 bits per heavy atom. The molecule has 1 saturated heterocycles. The van der Waals surface area contributed by atoms with E-state index in [1.54, 1.807) is 0 Å². The van der Waals surface area contributed by atoms with Crippen LogP contribution in [0.2, 0.25) is 0 Å². The molecule has 2 rings (SSSR count). The fraction of sp³-hybridized carbons (Fsp3) is 0.643. The number of ether oxygens (including phenoxy) is 1. The van der Waals surface area contributed by atoms with Gasteiger partial charge in [0.2, 0.25) is 0 Å². The lowest BCUT2D eigenvalue weighted by molar-refractivity contribution is 0.0343. The van der Waals surface area contributed by atoms with Gasteiger partial charge in [0.1, 0.15) is 0 Å². The van der Waals surface area contributed by atoms with Crippen molar-refractivity contribution in [1.82, 2.24) is 4.98 Å². The van der Waals surface area contributed by atoms with Crippen LogP contribution in [-0.4, -0.2) is 35.4 Å². The van der Waals surface area contributed by atoms with Crippen molar-refractivity contribution in [2.45, 2.75) is 45.4 Å². The monoisotopic (exact) mass is 250 g/mol. The van der Waals surface area contributed by atoms with Crippen LogP contribution in [0.5, 0.6) is 0 Å². The summed E-state index contributed by atoms with van der Waals surface area (Å²) in [5.41, 5.74) is 1.85. The predicted octanol–water partition coefficient (Wildman–Crippen LogP) is 2.14. The quantitative estimate of drug-likeness (QED) is 0.892. The van der Waals surface area contributed by atoms with Crippen LogP contribution in [-0.2, 0) is 4.74 Å². The molecule has 0 aromatic carbocycles. The molecular formula is C14H22N2O2. The predicted molar refractivity (Wildman–Crippen MR) is 71.7 cm³/mol. The van der Waals surface area contributed by atoms with Gasteiger partial charge in [0.25, 0.3) is 0 Å². The number of aliphatic hydroxyl groups is 1.